The van der Waals surface area contributed by atoms with Gasteiger partial charge in [-0.3, -0.25) is 19.1 Å². The molecule has 0 bridgehead atoms. The number of H-pyrrole nitrogens is 1. The number of hydrogen-bond donors (Lipinski definition) is 2. The molecule has 2 heterocycles. The van der Waals surface area contributed by atoms with Crippen molar-refractivity contribution in [1.29, 1.82) is 0 Å². The van der Waals surface area contributed by atoms with E-state index in [4.69, 9.17) is 0 Å². The number of anilines is 1. The van der Waals surface area contributed by atoms with Crippen molar-refractivity contribution in [3.63, 3.8) is 0 Å². The molecule has 0 radical (unpaired) electrons. The Morgan fingerprint density at radius 3 is 2.79 bits per heavy atom. The second-order valence-corrected chi connectivity index (χ2v) is 6.48. The summed E-state index contributed by atoms with van der Waals surface area (Å²) in [4.78, 5) is 42.7. The molecule has 2 N–H and O–H groups in total. The standard InChI is InChI=1S/C17H22N4O3/c1-11(22)19-13-9-14-15(18-10-13)20-17(24)21(16(14)23)8-7-12-5-3-2-4-6-12/h9-10,12H,2-8H2,1H3,(H,19,22)(H,18,20,24). The maximum atomic E-state index is 12.7. The van der Waals surface area contributed by atoms with Crippen molar-refractivity contribution < 1.29 is 4.79 Å². The zero-order chi connectivity index (χ0) is 17.1. The highest BCUT2D eigenvalue weighted by molar-refractivity contribution is 5.90. The Kier molecular flexibility index (Phi) is 4.78. The van der Waals surface area contributed by atoms with Crippen LogP contribution in [-0.4, -0.2) is 20.4 Å². The number of amides is 1. The molecule has 0 saturated heterocycles. The first-order chi connectivity index (χ1) is 11.5. The summed E-state index contributed by atoms with van der Waals surface area (Å²) >= 11 is 0. The molecule has 7 nitrogen and oxygen atoms in total. The minimum Gasteiger partial charge on any atom is -0.325 e. The molecule has 0 atom stereocenters. The van der Waals surface area contributed by atoms with Gasteiger partial charge in [0.05, 0.1) is 17.3 Å². The van der Waals surface area contributed by atoms with Crippen LogP contribution in [0.25, 0.3) is 11.0 Å². The largest absolute Gasteiger partial charge is 0.329 e. The third kappa shape index (κ3) is 3.55. The van der Waals surface area contributed by atoms with Crippen molar-refractivity contribution in [2.45, 2.75) is 52.0 Å². The number of nitrogens with one attached hydrogen (secondary N) is 2. The van der Waals surface area contributed by atoms with Crippen LogP contribution in [-0.2, 0) is 11.3 Å². The van der Waals surface area contributed by atoms with E-state index in [1.807, 2.05) is 0 Å². The van der Waals surface area contributed by atoms with Crippen LogP contribution in [0, 0.1) is 5.92 Å². The second kappa shape index (κ2) is 6.98. The highest BCUT2D eigenvalue weighted by atomic mass is 16.2. The van der Waals surface area contributed by atoms with Gasteiger partial charge in [0, 0.05) is 13.5 Å². The molecule has 0 spiro atoms. The summed E-state index contributed by atoms with van der Waals surface area (Å²) in [5, 5.41) is 2.91. The van der Waals surface area contributed by atoms with Crippen LogP contribution in [0.4, 0.5) is 5.69 Å². The molecule has 0 unspecified atom stereocenters. The van der Waals surface area contributed by atoms with E-state index in [1.165, 1.54) is 49.8 Å². The van der Waals surface area contributed by atoms with Crippen LogP contribution < -0.4 is 16.6 Å². The summed E-state index contributed by atoms with van der Waals surface area (Å²) < 4.78 is 1.25. The zero-order valence-corrected chi connectivity index (χ0v) is 13.8. The smallest absolute Gasteiger partial charge is 0.325 e. The quantitative estimate of drug-likeness (QED) is 0.896. The average Bonchev–Trinajstić information content (AvgIpc) is 2.56. The number of fused-ring (bicyclic) bond motifs is 1. The van der Waals surface area contributed by atoms with Crippen LogP contribution in [0.2, 0.25) is 0 Å². The fourth-order valence-electron chi connectivity index (χ4n) is 3.40. The zero-order valence-electron chi connectivity index (χ0n) is 13.8. The van der Waals surface area contributed by atoms with Crippen molar-refractivity contribution in [3.8, 4) is 0 Å². The Morgan fingerprint density at radius 2 is 2.08 bits per heavy atom. The number of aromatic nitrogens is 3. The van der Waals surface area contributed by atoms with Crippen molar-refractivity contribution in [2.24, 2.45) is 5.92 Å². The number of carbonyl (C=O) groups is 1. The summed E-state index contributed by atoms with van der Waals surface area (Å²) in [5.74, 6) is 0.350. The molecule has 2 aromatic heterocycles. The summed E-state index contributed by atoms with van der Waals surface area (Å²) in [5.41, 5.74) is -0.0988. The van der Waals surface area contributed by atoms with E-state index in [1.54, 1.807) is 6.07 Å². The van der Waals surface area contributed by atoms with Crippen LogP contribution in [0.5, 0.6) is 0 Å². The summed E-state index contributed by atoms with van der Waals surface area (Å²) in [6.07, 6.45) is 8.36. The van der Waals surface area contributed by atoms with Crippen molar-refractivity contribution >= 4 is 22.6 Å². The van der Waals surface area contributed by atoms with Crippen molar-refractivity contribution in [1.82, 2.24) is 14.5 Å². The number of pyridine rings is 1. The minimum atomic E-state index is -0.428. The predicted octanol–water partition coefficient (Wildman–Crippen LogP) is 2.01. The van der Waals surface area contributed by atoms with Gasteiger partial charge in [-0.15, -0.1) is 0 Å². The molecule has 7 heteroatoms. The average molecular weight is 330 g/mol. The van der Waals surface area contributed by atoms with E-state index in [9.17, 15) is 14.4 Å². The lowest BCUT2D eigenvalue weighted by atomic mass is 9.87. The summed E-state index contributed by atoms with van der Waals surface area (Å²) in [6, 6.07) is 1.55. The Labute approximate surface area is 139 Å². The molecule has 3 rings (SSSR count). The van der Waals surface area contributed by atoms with Crippen LogP contribution >= 0.6 is 0 Å². The molecule has 1 fully saturated rings. The van der Waals surface area contributed by atoms with Gasteiger partial charge in [-0.1, -0.05) is 32.1 Å². The lowest BCUT2D eigenvalue weighted by Crippen LogP contribution is -2.36. The molecule has 0 aliphatic heterocycles. The first-order valence-electron chi connectivity index (χ1n) is 8.45. The van der Waals surface area contributed by atoms with Gasteiger partial charge in [0.2, 0.25) is 5.91 Å². The Balaban J connectivity index is 1.90. The van der Waals surface area contributed by atoms with Crippen LogP contribution in [0.3, 0.4) is 0 Å². The lowest BCUT2D eigenvalue weighted by molar-refractivity contribution is -0.114. The monoisotopic (exact) mass is 330 g/mol. The van der Waals surface area contributed by atoms with Crippen LogP contribution in [0.1, 0.15) is 45.4 Å². The topological polar surface area (TPSA) is 96.8 Å². The maximum Gasteiger partial charge on any atom is 0.329 e. The van der Waals surface area contributed by atoms with Gasteiger partial charge in [-0.05, 0) is 18.4 Å². The van der Waals surface area contributed by atoms with E-state index < -0.39 is 5.69 Å². The van der Waals surface area contributed by atoms with Gasteiger partial charge in [0.15, 0.2) is 0 Å². The van der Waals surface area contributed by atoms with Gasteiger partial charge in [0.1, 0.15) is 5.65 Å². The third-order valence-electron chi connectivity index (χ3n) is 4.64. The Bertz CT molecular complexity index is 862. The molecule has 1 aliphatic carbocycles. The predicted molar refractivity (Wildman–Crippen MR) is 92.1 cm³/mol. The Hall–Kier alpha value is -2.44. The van der Waals surface area contributed by atoms with Crippen LogP contribution in [0.15, 0.2) is 21.9 Å². The molecule has 1 aliphatic rings. The summed E-state index contributed by atoms with van der Waals surface area (Å²) in [7, 11) is 0. The highest BCUT2D eigenvalue weighted by Crippen LogP contribution is 2.26. The minimum absolute atomic E-state index is 0.238. The molecule has 2 aromatic rings. The van der Waals surface area contributed by atoms with Gasteiger partial charge in [-0.2, -0.15) is 0 Å². The molecule has 128 valence electrons. The van der Waals surface area contributed by atoms with Gasteiger partial charge in [0.25, 0.3) is 5.56 Å². The maximum absolute atomic E-state index is 12.7. The number of nitrogens with zero attached hydrogens (tertiary/aromatic N) is 2. The van der Waals surface area contributed by atoms with E-state index in [-0.39, 0.29) is 17.1 Å². The molecule has 24 heavy (non-hydrogen) atoms. The molecule has 0 aromatic carbocycles. The number of rotatable bonds is 4. The number of carbonyl (C=O) groups excluding carboxylic acids is 1. The first kappa shape index (κ1) is 16.4. The van der Waals surface area contributed by atoms with Crippen molar-refractivity contribution in [2.75, 3.05) is 5.32 Å². The molecule has 1 amide bonds. The molecular weight excluding hydrogens is 308 g/mol. The lowest BCUT2D eigenvalue weighted by Gasteiger charge is -2.21. The van der Waals surface area contributed by atoms with Crippen molar-refractivity contribution in [3.05, 3.63) is 33.1 Å². The summed E-state index contributed by atoms with van der Waals surface area (Å²) in [6.45, 7) is 1.80. The highest BCUT2D eigenvalue weighted by Gasteiger charge is 2.15. The SMILES string of the molecule is CC(=O)Nc1cnc2[nH]c(=O)n(CCC3CCCCC3)c(=O)c2c1. The van der Waals surface area contributed by atoms with Gasteiger partial charge < -0.3 is 5.32 Å². The van der Waals surface area contributed by atoms with Gasteiger partial charge in [-0.25, -0.2) is 9.78 Å². The third-order valence-corrected chi connectivity index (χ3v) is 4.64. The fraction of sp³-hybridized carbons (Fsp3) is 0.529. The molecule has 1 saturated carbocycles. The second-order valence-electron chi connectivity index (χ2n) is 6.48. The number of hydrogen-bond acceptors (Lipinski definition) is 4. The number of aromatic amines is 1. The Morgan fingerprint density at radius 1 is 1.33 bits per heavy atom. The fourth-order valence-corrected chi connectivity index (χ4v) is 3.40. The van der Waals surface area contributed by atoms with E-state index >= 15 is 0 Å². The van der Waals surface area contributed by atoms with E-state index in [2.05, 4.69) is 15.3 Å². The van der Waals surface area contributed by atoms with E-state index in [0.29, 0.717) is 23.5 Å². The van der Waals surface area contributed by atoms with E-state index in [0.717, 1.165) is 6.42 Å². The first-order valence-corrected chi connectivity index (χ1v) is 8.45. The normalized spacial score (nSPS) is 15.5. The van der Waals surface area contributed by atoms with Gasteiger partial charge >= 0.3 is 5.69 Å². The molecular formula is C17H22N4O3.